The Labute approximate surface area is 192 Å². The van der Waals surface area contributed by atoms with Gasteiger partial charge < -0.3 is 14.6 Å². The summed E-state index contributed by atoms with van der Waals surface area (Å²) in [7, 11) is 3.10. The molecule has 0 bridgehead atoms. The molecule has 6 nitrogen and oxygen atoms in total. The van der Waals surface area contributed by atoms with Crippen LogP contribution >= 0.6 is 0 Å². The molecule has 3 aromatic rings. The predicted octanol–water partition coefficient (Wildman–Crippen LogP) is 4.95. The van der Waals surface area contributed by atoms with Crippen molar-refractivity contribution < 1.29 is 24.2 Å². The van der Waals surface area contributed by atoms with E-state index in [4.69, 9.17) is 9.47 Å². The normalized spacial score (nSPS) is 17.3. The van der Waals surface area contributed by atoms with Gasteiger partial charge in [0.2, 0.25) is 0 Å². The Bertz CT molecular complexity index is 1280. The lowest BCUT2D eigenvalue weighted by Gasteiger charge is -2.27. The lowest BCUT2D eigenvalue weighted by Crippen LogP contribution is -2.29. The van der Waals surface area contributed by atoms with Crippen LogP contribution in [0.3, 0.4) is 0 Å². The van der Waals surface area contributed by atoms with Crippen LogP contribution in [0.5, 0.6) is 11.5 Å². The van der Waals surface area contributed by atoms with Crippen molar-refractivity contribution in [2.45, 2.75) is 19.9 Å². The summed E-state index contributed by atoms with van der Waals surface area (Å²) in [5, 5.41) is 11.4. The van der Waals surface area contributed by atoms with Crippen LogP contribution in [0.15, 0.2) is 72.3 Å². The highest BCUT2D eigenvalue weighted by atomic mass is 16.5. The van der Waals surface area contributed by atoms with E-state index in [1.807, 2.05) is 38.1 Å². The van der Waals surface area contributed by atoms with E-state index in [0.717, 1.165) is 16.7 Å². The molecule has 1 unspecified atom stereocenters. The lowest BCUT2D eigenvalue weighted by molar-refractivity contribution is -0.132. The highest BCUT2D eigenvalue weighted by Gasteiger charge is 2.47. The molecule has 0 spiro atoms. The summed E-state index contributed by atoms with van der Waals surface area (Å²) in [5.41, 5.74) is 3.41. The van der Waals surface area contributed by atoms with Gasteiger partial charge in [-0.2, -0.15) is 0 Å². The summed E-state index contributed by atoms with van der Waals surface area (Å²) in [5.74, 6) is -0.463. The van der Waals surface area contributed by atoms with Crippen LogP contribution < -0.4 is 14.4 Å². The SMILES string of the molecule is COc1cccc(N2C(=O)C(=O)/C(=C(/O)c3ccc(OC)cc3C)C2c2ccccc2C)c1. The fourth-order valence-corrected chi connectivity index (χ4v) is 4.22. The van der Waals surface area contributed by atoms with E-state index in [1.165, 1.54) is 4.90 Å². The minimum Gasteiger partial charge on any atom is -0.507 e. The van der Waals surface area contributed by atoms with Crippen molar-refractivity contribution in [1.29, 1.82) is 0 Å². The average molecular weight is 443 g/mol. The summed E-state index contributed by atoms with van der Waals surface area (Å²) in [6.45, 7) is 3.73. The van der Waals surface area contributed by atoms with Gasteiger partial charge in [0, 0.05) is 17.3 Å². The number of aliphatic hydroxyl groups excluding tert-OH is 1. The molecule has 6 heteroatoms. The number of ether oxygens (including phenoxy) is 2. The molecule has 1 heterocycles. The van der Waals surface area contributed by atoms with Gasteiger partial charge in [0.25, 0.3) is 11.7 Å². The quantitative estimate of drug-likeness (QED) is 0.343. The molecular formula is C27H25NO5. The third-order valence-corrected chi connectivity index (χ3v) is 5.95. The second-order valence-corrected chi connectivity index (χ2v) is 7.91. The minimum absolute atomic E-state index is 0.0467. The molecule has 1 saturated heterocycles. The molecule has 4 rings (SSSR count). The number of amides is 1. The van der Waals surface area contributed by atoms with Crippen molar-refractivity contribution in [3.8, 4) is 11.5 Å². The van der Waals surface area contributed by atoms with E-state index >= 15 is 0 Å². The van der Waals surface area contributed by atoms with Crippen LogP contribution in [0.4, 0.5) is 5.69 Å². The van der Waals surface area contributed by atoms with Crippen molar-refractivity contribution >= 4 is 23.1 Å². The lowest BCUT2D eigenvalue weighted by atomic mass is 9.91. The third kappa shape index (κ3) is 3.84. The number of hydrogen-bond acceptors (Lipinski definition) is 5. The van der Waals surface area contributed by atoms with Crippen LogP contribution in [0.1, 0.15) is 28.3 Å². The maximum absolute atomic E-state index is 13.3. The van der Waals surface area contributed by atoms with E-state index in [2.05, 4.69) is 0 Å². The Morgan fingerprint density at radius 2 is 1.55 bits per heavy atom. The van der Waals surface area contributed by atoms with Gasteiger partial charge in [0.15, 0.2) is 0 Å². The van der Waals surface area contributed by atoms with Gasteiger partial charge in [-0.3, -0.25) is 14.5 Å². The molecular weight excluding hydrogens is 418 g/mol. The van der Waals surface area contributed by atoms with Crippen molar-refractivity contribution in [3.63, 3.8) is 0 Å². The molecule has 0 saturated carbocycles. The Morgan fingerprint density at radius 1 is 0.848 bits per heavy atom. The smallest absolute Gasteiger partial charge is 0.300 e. The first-order valence-electron chi connectivity index (χ1n) is 10.5. The van der Waals surface area contributed by atoms with Gasteiger partial charge in [0.05, 0.1) is 25.8 Å². The van der Waals surface area contributed by atoms with E-state index < -0.39 is 17.7 Å². The second-order valence-electron chi connectivity index (χ2n) is 7.91. The first-order chi connectivity index (χ1) is 15.9. The zero-order valence-electron chi connectivity index (χ0n) is 19.0. The number of rotatable bonds is 5. The summed E-state index contributed by atoms with van der Waals surface area (Å²) in [6, 6.07) is 18.9. The number of methoxy groups -OCH3 is 2. The van der Waals surface area contributed by atoms with Crippen LogP contribution in [-0.4, -0.2) is 31.0 Å². The first-order valence-corrected chi connectivity index (χ1v) is 10.5. The van der Waals surface area contributed by atoms with E-state index in [9.17, 15) is 14.7 Å². The molecule has 0 aromatic heterocycles. The maximum Gasteiger partial charge on any atom is 0.300 e. The van der Waals surface area contributed by atoms with Gasteiger partial charge in [0.1, 0.15) is 17.3 Å². The van der Waals surface area contributed by atoms with Crippen LogP contribution in [0, 0.1) is 13.8 Å². The van der Waals surface area contributed by atoms with Crippen molar-refractivity contribution in [2.24, 2.45) is 0 Å². The molecule has 1 fully saturated rings. The number of aliphatic hydroxyl groups is 1. The van der Waals surface area contributed by atoms with Gasteiger partial charge in [-0.15, -0.1) is 0 Å². The topological polar surface area (TPSA) is 76.1 Å². The van der Waals surface area contributed by atoms with Gasteiger partial charge in [-0.25, -0.2) is 0 Å². The number of Topliss-reactive ketones (excluding diaryl/α,β-unsaturated/α-hetero) is 1. The van der Waals surface area contributed by atoms with E-state index in [0.29, 0.717) is 22.7 Å². The molecule has 168 valence electrons. The molecule has 0 aliphatic carbocycles. The number of benzene rings is 3. The largest absolute Gasteiger partial charge is 0.507 e. The Balaban J connectivity index is 1.97. The van der Waals surface area contributed by atoms with E-state index in [1.54, 1.807) is 56.7 Å². The molecule has 0 radical (unpaired) electrons. The number of carbonyl (C=O) groups is 2. The molecule has 1 aliphatic rings. The maximum atomic E-state index is 13.3. The molecule has 3 aromatic carbocycles. The van der Waals surface area contributed by atoms with Crippen molar-refractivity contribution in [3.05, 3.63) is 94.6 Å². The Hall–Kier alpha value is -4.06. The zero-order chi connectivity index (χ0) is 23.7. The number of ketones is 1. The number of carbonyl (C=O) groups excluding carboxylic acids is 2. The average Bonchev–Trinajstić information content (AvgIpc) is 3.09. The molecule has 1 N–H and O–H groups in total. The van der Waals surface area contributed by atoms with Crippen molar-refractivity contribution in [2.75, 3.05) is 19.1 Å². The van der Waals surface area contributed by atoms with Gasteiger partial charge in [-0.1, -0.05) is 30.3 Å². The van der Waals surface area contributed by atoms with Gasteiger partial charge in [-0.05, 0) is 60.9 Å². The van der Waals surface area contributed by atoms with Crippen LogP contribution in [0.2, 0.25) is 0 Å². The van der Waals surface area contributed by atoms with Gasteiger partial charge >= 0.3 is 0 Å². The highest BCUT2D eigenvalue weighted by Crippen LogP contribution is 2.44. The van der Waals surface area contributed by atoms with E-state index in [-0.39, 0.29) is 11.3 Å². The fourth-order valence-electron chi connectivity index (χ4n) is 4.22. The molecule has 33 heavy (non-hydrogen) atoms. The first kappa shape index (κ1) is 22.1. The summed E-state index contributed by atoms with van der Waals surface area (Å²) < 4.78 is 10.6. The number of aryl methyl sites for hydroxylation is 2. The number of hydrogen-bond donors (Lipinski definition) is 1. The molecule has 1 aliphatic heterocycles. The predicted molar refractivity (Wildman–Crippen MR) is 127 cm³/mol. The fraction of sp³-hybridized carbons (Fsp3) is 0.185. The molecule has 1 amide bonds. The Kier molecular flexibility index (Phi) is 5.92. The monoisotopic (exact) mass is 443 g/mol. The summed E-state index contributed by atoms with van der Waals surface area (Å²) >= 11 is 0. The molecule has 1 atom stereocenters. The van der Waals surface area contributed by atoms with Crippen LogP contribution in [-0.2, 0) is 9.59 Å². The standard InChI is InChI=1S/C27H25NO5/c1-16-8-5-6-11-21(16)24-23(25(29)22-13-12-20(33-4)14-17(22)2)26(30)27(31)28(24)18-9-7-10-19(15-18)32-3/h5-15,24,29H,1-4H3/b25-23+. The highest BCUT2D eigenvalue weighted by molar-refractivity contribution is 6.51. The number of anilines is 1. The van der Waals surface area contributed by atoms with Crippen molar-refractivity contribution in [1.82, 2.24) is 0 Å². The van der Waals surface area contributed by atoms with Crippen LogP contribution in [0.25, 0.3) is 5.76 Å². The summed E-state index contributed by atoms with van der Waals surface area (Å²) in [4.78, 5) is 28.1. The third-order valence-electron chi connectivity index (χ3n) is 5.95. The second kappa shape index (κ2) is 8.82. The zero-order valence-corrected chi connectivity index (χ0v) is 19.0. The number of nitrogens with zero attached hydrogens (tertiary/aromatic N) is 1. The minimum atomic E-state index is -0.792. The summed E-state index contributed by atoms with van der Waals surface area (Å²) in [6.07, 6.45) is 0. The Morgan fingerprint density at radius 3 is 2.21 bits per heavy atom.